The van der Waals surface area contributed by atoms with Gasteiger partial charge in [-0.3, -0.25) is 4.79 Å². The lowest BCUT2D eigenvalue weighted by atomic mass is 10.1. The van der Waals surface area contributed by atoms with Crippen LogP contribution in [0.3, 0.4) is 0 Å². The van der Waals surface area contributed by atoms with Gasteiger partial charge in [0.1, 0.15) is 11.6 Å². The van der Waals surface area contributed by atoms with Crippen molar-refractivity contribution in [2.24, 2.45) is 0 Å². The number of phenols is 1. The molecule has 7 heteroatoms. The largest absolute Gasteiger partial charge is 0.503 e. The van der Waals surface area contributed by atoms with E-state index in [1.54, 1.807) is 19.1 Å². The summed E-state index contributed by atoms with van der Waals surface area (Å²) in [6.07, 6.45) is 1.45. The number of nitriles is 1. The third-order valence-corrected chi connectivity index (χ3v) is 4.88. The summed E-state index contributed by atoms with van der Waals surface area (Å²) in [5.74, 6) is -0.261. The number of phenolic OH excluding ortho intramolecular Hbond substituents is 1. The van der Waals surface area contributed by atoms with Crippen molar-refractivity contribution in [1.82, 2.24) is 0 Å². The molecule has 0 aliphatic carbocycles. The van der Waals surface area contributed by atoms with E-state index in [2.05, 4.69) is 40.0 Å². The molecule has 0 fully saturated rings. The maximum atomic E-state index is 12.5. The summed E-state index contributed by atoms with van der Waals surface area (Å²) in [6.45, 7) is 8.15. The molecule has 0 unspecified atom stereocenters. The number of nitrogens with zero attached hydrogens (tertiary/aromatic N) is 2. The van der Waals surface area contributed by atoms with Gasteiger partial charge in [0.2, 0.25) is 0 Å². The van der Waals surface area contributed by atoms with Crippen molar-refractivity contribution in [2.75, 3.05) is 29.9 Å². The van der Waals surface area contributed by atoms with Crippen LogP contribution >= 0.6 is 15.9 Å². The zero-order valence-electron chi connectivity index (χ0n) is 16.7. The minimum atomic E-state index is -0.509. The predicted molar refractivity (Wildman–Crippen MR) is 119 cm³/mol. The molecule has 0 radical (unpaired) electrons. The third kappa shape index (κ3) is 5.75. The maximum Gasteiger partial charge on any atom is 0.266 e. The Kier molecular flexibility index (Phi) is 8.10. The molecule has 6 nitrogen and oxygen atoms in total. The van der Waals surface area contributed by atoms with Gasteiger partial charge in [-0.25, -0.2) is 0 Å². The molecule has 0 heterocycles. The number of nitrogens with one attached hydrogen (secondary N) is 1. The third-order valence-electron chi connectivity index (χ3n) is 4.28. The second-order valence-corrected chi connectivity index (χ2v) is 6.98. The number of hydrogen-bond donors (Lipinski definition) is 2. The summed E-state index contributed by atoms with van der Waals surface area (Å²) in [6, 6.07) is 12.6. The second-order valence-electron chi connectivity index (χ2n) is 6.13. The number of carbonyl (C=O) groups excluding carboxylic acids is 1. The monoisotopic (exact) mass is 457 g/mol. The van der Waals surface area contributed by atoms with Crippen molar-refractivity contribution in [3.05, 3.63) is 52.0 Å². The number of anilines is 2. The van der Waals surface area contributed by atoms with Crippen LogP contribution in [-0.2, 0) is 4.79 Å². The number of rotatable bonds is 8. The standard InChI is InChI=1S/C22H24BrN3O3/c1-4-26(5-2)18-9-7-17(8-10-18)25-22(28)16(14-24)11-15-12-19(23)21(27)20(13-15)29-6-3/h7-13,27H,4-6H2,1-3H3,(H,25,28)/b16-11-. The fourth-order valence-corrected chi connectivity index (χ4v) is 3.26. The fourth-order valence-electron chi connectivity index (χ4n) is 2.80. The summed E-state index contributed by atoms with van der Waals surface area (Å²) in [5, 5.41) is 22.2. The maximum absolute atomic E-state index is 12.5. The number of halogens is 1. The van der Waals surface area contributed by atoms with E-state index in [0.717, 1.165) is 18.8 Å². The topological polar surface area (TPSA) is 85.6 Å². The second kappa shape index (κ2) is 10.5. The number of ether oxygens (including phenoxy) is 1. The smallest absolute Gasteiger partial charge is 0.266 e. The van der Waals surface area contributed by atoms with Crippen molar-refractivity contribution in [3.8, 4) is 17.6 Å². The molecule has 0 bridgehead atoms. The first-order valence-electron chi connectivity index (χ1n) is 9.36. The highest BCUT2D eigenvalue weighted by molar-refractivity contribution is 9.10. The Labute approximate surface area is 179 Å². The van der Waals surface area contributed by atoms with Gasteiger partial charge in [-0.1, -0.05) is 0 Å². The lowest BCUT2D eigenvalue weighted by Gasteiger charge is -2.21. The van der Waals surface area contributed by atoms with Crippen LogP contribution in [0.15, 0.2) is 46.4 Å². The quantitative estimate of drug-likeness (QED) is 0.432. The highest BCUT2D eigenvalue weighted by atomic mass is 79.9. The predicted octanol–water partition coefficient (Wildman–Crippen LogP) is 4.95. The number of hydrogen-bond acceptors (Lipinski definition) is 5. The lowest BCUT2D eigenvalue weighted by molar-refractivity contribution is -0.112. The van der Waals surface area contributed by atoms with E-state index in [1.807, 2.05) is 30.3 Å². The van der Waals surface area contributed by atoms with E-state index in [1.165, 1.54) is 6.08 Å². The first kappa shape index (κ1) is 22.3. The first-order chi connectivity index (χ1) is 13.9. The van der Waals surface area contributed by atoms with Crippen molar-refractivity contribution in [2.45, 2.75) is 20.8 Å². The van der Waals surface area contributed by atoms with Crippen molar-refractivity contribution < 1.29 is 14.6 Å². The minimum Gasteiger partial charge on any atom is -0.503 e. The molecule has 0 atom stereocenters. The Morgan fingerprint density at radius 1 is 1.24 bits per heavy atom. The molecular formula is C22H24BrN3O3. The first-order valence-corrected chi connectivity index (χ1v) is 10.2. The molecule has 2 rings (SSSR count). The molecule has 2 N–H and O–H groups in total. The Bertz CT molecular complexity index is 930. The van der Waals surface area contributed by atoms with E-state index in [9.17, 15) is 15.2 Å². The average molecular weight is 458 g/mol. The molecule has 0 saturated carbocycles. The SMILES string of the molecule is CCOc1cc(/C=C(/C#N)C(=O)Nc2ccc(N(CC)CC)cc2)cc(Br)c1O. The highest BCUT2D eigenvalue weighted by Crippen LogP contribution is 2.36. The van der Waals surface area contributed by atoms with Crippen LogP contribution in [0, 0.1) is 11.3 Å². The van der Waals surface area contributed by atoms with Crippen LogP contribution in [0.2, 0.25) is 0 Å². The van der Waals surface area contributed by atoms with E-state index < -0.39 is 5.91 Å². The van der Waals surface area contributed by atoms with Crippen molar-refractivity contribution >= 4 is 39.3 Å². The minimum absolute atomic E-state index is 0.0275. The molecule has 152 valence electrons. The van der Waals surface area contributed by atoms with Crippen LogP contribution in [0.25, 0.3) is 6.08 Å². The van der Waals surface area contributed by atoms with Gasteiger partial charge in [-0.15, -0.1) is 0 Å². The van der Waals surface area contributed by atoms with Crippen LogP contribution in [0.5, 0.6) is 11.5 Å². The molecule has 0 saturated heterocycles. The summed E-state index contributed by atoms with van der Waals surface area (Å²) in [4.78, 5) is 14.7. The van der Waals surface area contributed by atoms with Gasteiger partial charge < -0.3 is 20.1 Å². The van der Waals surface area contributed by atoms with Gasteiger partial charge in [0.05, 0.1) is 11.1 Å². The molecule has 0 aliphatic heterocycles. The van der Waals surface area contributed by atoms with Gasteiger partial charge in [0.15, 0.2) is 11.5 Å². The average Bonchev–Trinajstić information content (AvgIpc) is 2.72. The molecule has 0 spiro atoms. The molecular weight excluding hydrogens is 434 g/mol. The molecule has 0 aromatic heterocycles. The summed E-state index contributed by atoms with van der Waals surface area (Å²) < 4.78 is 5.80. The Hall–Kier alpha value is -2.98. The van der Waals surface area contributed by atoms with Gasteiger partial charge >= 0.3 is 0 Å². The van der Waals surface area contributed by atoms with E-state index in [4.69, 9.17) is 4.74 Å². The van der Waals surface area contributed by atoms with Gasteiger partial charge in [0, 0.05) is 24.5 Å². The van der Waals surface area contributed by atoms with Crippen molar-refractivity contribution in [3.63, 3.8) is 0 Å². The Morgan fingerprint density at radius 2 is 1.90 bits per heavy atom. The van der Waals surface area contributed by atoms with Crippen molar-refractivity contribution in [1.29, 1.82) is 5.26 Å². The van der Waals surface area contributed by atoms with Crippen LogP contribution in [-0.4, -0.2) is 30.7 Å². The lowest BCUT2D eigenvalue weighted by Crippen LogP contribution is -2.21. The molecule has 1 amide bonds. The zero-order chi connectivity index (χ0) is 21.4. The number of carbonyl (C=O) groups is 1. The molecule has 29 heavy (non-hydrogen) atoms. The zero-order valence-corrected chi connectivity index (χ0v) is 18.3. The Balaban J connectivity index is 2.22. The van der Waals surface area contributed by atoms with E-state index in [-0.39, 0.29) is 17.1 Å². The number of benzene rings is 2. The summed E-state index contributed by atoms with van der Waals surface area (Å²) >= 11 is 3.25. The molecule has 0 aliphatic rings. The fraction of sp³-hybridized carbons (Fsp3) is 0.273. The summed E-state index contributed by atoms with van der Waals surface area (Å²) in [7, 11) is 0. The van der Waals surface area contributed by atoms with Crippen LogP contribution < -0.4 is 15.0 Å². The highest BCUT2D eigenvalue weighted by Gasteiger charge is 2.13. The number of amides is 1. The molecule has 2 aromatic carbocycles. The summed E-state index contributed by atoms with van der Waals surface area (Å²) in [5.41, 5.74) is 2.18. The normalized spacial score (nSPS) is 10.9. The van der Waals surface area contributed by atoms with Crippen LogP contribution in [0.4, 0.5) is 11.4 Å². The van der Waals surface area contributed by atoms with Crippen LogP contribution in [0.1, 0.15) is 26.3 Å². The molecule has 2 aromatic rings. The van der Waals surface area contributed by atoms with E-state index in [0.29, 0.717) is 22.3 Å². The van der Waals surface area contributed by atoms with Gasteiger partial charge in [-0.2, -0.15) is 5.26 Å². The van der Waals surface area contributed by atoms with Gasteiger partial charge in [0.25, 0.3) is 5.91 Å². The number of aromatic hydroxyl groups is 1. The van der Waals surface area contributed by atoms with Gasteiger partial charge in [-0.05, 0) is 84.7 Å². The van der Waals surface area contributed by atoms with E-state index >= 15 is 0 Å². The Morgan fingerprint density at radius 3 is 2.45 bits per heavy atom.